The molecule has 1 aliphatic carbocycles. The highest BCUT2D eigenvalue weighted by Gasteiger charge is 2.22. The van der Waals surface area contributed by atoms with Crippen molar-refractivity contribution in [3.8, 4) is 0 Å². The Bertz CT molecular complexity index is 307. The zero-order chi connectivity index (χ0) is 10.7. The molecule has 2 heteroatoms. The van der Waals surface area contributed by atoms with Gasteiger partial charge in [-0.3, -0.25) is 0 Å². The molecule has 1 aliphatic rings. The first-order chi connectivity index (χ1) is 7.25. The van der Waals surface area contributed by atoms with Gasteiger partial charge in [0, 0.05) is 5.02 Å². The summed E-state index contributed by atoms with van der Waals surface area (Å²) < 4.78 is 0. The smallest absolute Gasteiger partial charge is 0.0571 e. The minimum absolute atomic E-state index is 0.102. The van der Waals surface area contributed by atoms with Crippen molar-refractivity contribution in [3.63, 3.8) is 0 Å². The molecular weight excluding hydrogens is 208 g/mol. The molecule has 0 aliphatic heterocycles. The molecule has 1 fully saturated rings. The molecule has 0 unspecified atom stereocenters. The maximum atomic E-state index is 9.86. The molecule has 0 saturated heterocycles. The molecule has 1 aromatic rings. The van der Waals surface area contributed by atoms with Gasteiger partial charge in [0.25, 0.3) is 0 Å². The summed E-state index contributed by atoms with van der Waals surface area (Å²) in [5.41, 5.74) is 1.28. The van der Waals surface area contributed by atoms with Crippen LogP contribution in [0.5, 0.6) is 0 Å². The lowest BCUT2D eigenvalue weighted by molar-refractivity contribution is 0.0700. The number of aliphatic hydroxyl groups excluding tert-OH is 1. The van der Waals surface area contributed by atoms with Gasteiger partial charge in [0.2, 0.25) is 0 Å². The second kappa shape index (κ2) is 5.00. The van der Waals surface area contributed by atoms with E-state index in [-0.39, 0.29) is 6.10 Å². The second-order valence-corrected chi connectivity index (χ2v) is 4.88. The molecule has 2 atom stereocenters. The molecule has 1 nitrogen and oxygen atoms in total. The Balaban J connectivity index is 1.98. The van der Waals surface area contributed by atoms with Crippen molar-refractivity contribution < 1.29 is 5.11 Å². The van der Waals surface area contributed by atoms with Crippen LogP contribution in [0.15, 0.2) is 24.3 Å². The van der Waals surface area contributed by atoms with Gasteiger partial charge < -0.3 is 5.11 Å². The van der Waals surface area contributed by atoms with E-state index in [2.05, 4.69) is 12.1 Å². The molecule has 15 heavy (non-hydrogen) atoms. The van der Waals surface area contributed by atoms with E-state index >= 15 is 0 Å². The largest absolute Gasteiger partial charge is 0.393 e. The van der Waals surface area contributed by atoms with Gasteiger partial charge in [0.15, 0.2) is 0 Å². The number of rotatable bonds is 2. The normalized spacial score (nSPS) is 26.5. The summed E-state index contributed by atoms with van der Waals surface area (Å²) in [6.45, 7) is 0. The fourth-order valence-corrected chi connectivity index (χ4v) is 2.48. The predicted octanol–water partition coefficient (Wildman–Crippen LogP) is 3.43. The molecular formula is C13H17ClO. The van der Waals surface area contributed by atoms with Crippen LogP contribution in [0, 0.1) is 5.92 Å². The molecule has 0 bridgehead atoms. The van der Waals surface area contributed by atoms with Gasteiger partial charge in [-0.25, -0.2) is 0 Å². The van der Waals surface area contributed by atoms with Crippen molar-refractivity contribution >= 4 is 11.6 Å². The SMILES string of the molecule is O[C@H]1CCCC[C@@H]1Cc1ccc(Cl)cc1. The van der Waals surface area contributed by atoms with Crippen LogP contribution < -0.4 is 0 Å². The van der Waals surface area contributed by atoms with E-state index in [1.54, 1.807) is 0 Å². The minimum atomic E-state index is -0.102. The number of hydrogen-bond donors (Lipinski definition) is 1. The zero-order valence-corrected chi connectivity index (χ0v) is 9.58. The highest BCUT2D eigenvalue weighted by Crippen LogP contribution is 2.27. The van der Waals surface area contributed by atoms with Gasteiger partial charge >= 0.3 is 0 Å². The summed E-state index contributed by atoms with van der Waals surface area (Å²) in [6, 6.07) is 7.96. The van der Waals surface area contributed by atoms with Crippen LogP contribution >= 0.6 is 11.6 Å². The van der Waals surface area contributed by atoms with Crippen LogP contribution in [0.25, 0.3) is 0 Å². The predicted molar refractivity (Wildman–Crippen MR) is 63.1 cm³/mol. The van der Waals surface area contributed by atoms with Crippen molar-refractivity contribution in [1.82, 2.24) is 0 Å². The molecule has 2 rings (SSSR count). The minimum Gasteiger partial charge on any atom is -0.393 e. The summed E-state index contributed by atoms with van der Waals surface area (Å²) in [4.78, 5) is 0. The number of benzene rings is 1. The third kappa shape index (κ3) is 2.96. The molecule has 1 N–H and O–H groups in total. The molecule has 1 aromatic carbocycles. The lowest BCUT2D eigenvalue weighted by atomic mass is 9.82. The molecule has 1 saturated carbocycles. The van der Waals surface area contributed by atoms with Crippen molar-refractivity contribution in [2.45, 2.75) is 38.2 Å². The van der Waals surface area contributed by atoms with Gasteiger partial charge in [0.1, 0.15) is 0 Å². The number of hydrogen-bond acceptors (Lipinski definition) is 1. The Labute approximate surface area is 96.1 Å². The van der Waals surface area contributed by atoms with E-state index in [1.807, 2.05) is 12.1 Å². The summed E-state index contributed by atoms with van der Waals surface area (Å²) in [5.74, 6) is 0.444. The maximum Gasteiger partial charge on any atom is 0.0571 e. The first kappa shape index (κ1) is 11.0. The molecule has 0 aromatic heterocycles. The summed E-state index contributed by atoms with van der Waals surface area (Å²) >= 11 is 5.83. The van der Waals surface area contributed by atoms with Gasteiger partial charge in [0.05, 0.1) is 6.10 Å². The van der Waals surface area contributed by atoms with Gasteiger partial charge in [-0.2, -0.15) is 0 Å². The lowest BCUT2D eigenvalue weighted by Crippen LogP contribution is -2.26. The first-order valence-electron chi connectivity index (χ1n) is 5.68. The van der Waals surface area contributed by atoms with Gasteiger partial charge in [-0.05, 0) is 42.9 Å². The molecule has 82 valence electrons. The Morgan fingerprint density at radius 1 is 1.13 bits per heavy atom. The number of halogens is 1. The summed E-state index contributed by atoms with van der Waals surface area (Å²) in [7, 11) is 0. The average Bonchev–Trinajstić information content (AvgIpc) is 2.25. The standard InChI is InChI=1S/C13H17ClO/c14-12-7-5-10(6-8-12)9-11-3-1-2-4-13(11)15/h5-8,11,13,15H,1-4,9H2/t11-,13+/m1/s1. The van der Waals surface area contributed by atoms with Gasteiger partial charge in [-0.1, -0.05) is 36.6 Å². The topological polar surface area (TPSA) is 20.2 Å². The lowest BCUT2D eigenvalue weighted by Gasteiger charge is -2.27. The van der Waals surface area contributed by atoms with E-state index in [9.17, 15) is 5.11 Å². The average molecular weight is 225 g/mol. The second-order valence-electron chi connectivity index (χ2n) is 4.44. The summed E-state index contributed by atoms with van der Waals surface area (Å²) in [6.07, 6.45) is 5.45. The highest BCUT2D eigenvalue weighted by molar-refractivity contribution is 6.30. The molecule has 0 radical (unpaired) electrons. The van der Waals surface area contributed by atoms with Crippen LogP contribution in [-0.4, -0.2) is 11.2 Å². The Morgan fingerprint density at radius 2 is 1.80 bits per heavy atom. The van der Waals surface area contributed by atoms with E-state index in [0.717, 1.165) is 24.3 Å². The fourth-order valence-electron chi connectivity index (χ4n) is 2.35. The zero-order valence-electron chi connectivity index (χ0n) is 8.82. The fraction of sp³-hybridized carbons (Fsp3) is 0.538. The third-order valence-electron chi connectivity index (χ3n) is 3.28. The van der Waals surface area contributed by atoms with E-state index in [0.29, 0.717) is 5.92 Å². The molecule has 0 amide bonds. The third-order valence-corrected chi connectivity index (χ3v) is 3.53. The van der Waals surface area contributed by atoms with Crippen molar-refractivity contribution in [2.24, 2.45) is 5.92 Å². The molecule has 0 spiro atoms. The Morgan fingerprint density at radius 3 is 2.47 bits per heavy atom. The van der Waals surface area contributed by atoms with Crippen LogP contribution in [-0.2, 0) is 6.42 Å². The van der Waals surface area contributed by atoms with Crippen LogP contribution in [0.3, 0.4) is 0 Å². The Kier molecular flexibility index (Phi) is 3.66. The van der Waals surface area contributed by atoms with Crippen molar-refractivity contribution in [3.05, 3.63) is 34.9 Å². The van der Waals surface area contributed by atoms with E-state index < -0.39 is 0 Å². The van der Waals surface area contributed by atoms with E-state index in [1.165, 1.54) is 18.4 Å². The first-order valence-corrected chi connectivity index (χ1v) is 6.06. The number of aliphatic hydroxyl groups is 1. The van der Waals surface area contributed by atoms with Crippen LogP contribution in [0.4, 0.5) is 0 Å². The Hall–Kier alpha value is -0.530. The maximum absolute atomic E-state index is 9.86. The van der Waals surface area contributed by atoms with Crippen LogP contribution in [0.1, 0.15) is 31.2 Å². The van der Waals surface area contributed by atoms with E-state index in [4.69, 9.17) is 11.6 Å². The van der Waals surface area contributed by atoms with Crippen molar-refractivity contribution in [1.29, 1.82) is 0 Å². The highest BCUT2D eigenvalue weighted by atomic mass is 35.5. The van der Waals surface area contributed by atoms with Crippen LogP contribution in [0.2, 0.25) is 5.02 Å². The van der Waals surface area contributed by atoms with Gasteiger partial charge in [-0.15, -0.1) is 0 Å². The monoisotopic (exact) mass is 224 g/mol. The summed E-state index contributed by atoms with van der Waals surface area (Å²) in [5, 5.41) is 10.6. The van der Waals surface area contributed by atoms with Crippen molar-refractivity contribution in [2.75, 3.05) is 0 Å². The quantitative estimate of drug-likeness (QED) is 0.816. The molecule has 0 heterocycles.